The fourth-order valence-corrected chi connectivity index (χ4v) is 2.09. The molecule has 1 aromatic rings. The van der Waals surface area contributed by atoms with E-state index in [9.17, 15) is 9.18 Å². The van der Waals surface area contributed by atoms with Gasteiger partial charge in [0.15, 0.2) is 0 Å². The van der Waals surface area contributed by atoms with Gasteiger partial charge in [0.1, 0.15) is 5.82 Å². The molecule has 0 bridgehead atoms. The Labute approximate surface area is 101 Å². The van der Waals surface area contributed by atoms with Crippen LogP contribution in [0.25, 0.3) is 0 Å². The van der Waals surface area contributed by atoms with Crippen LogP contribution in [0.15, 0.2) is 24.3 Å². The molecular formula is C13H17FN2O. The average Bonchev–Trinajstić information content (AvgIpc) is 2.28. The molecule has 17 heavy (non-hydrogen) atoms. The van der Waals surface area contributed by atoms with Crippen molar-refractivity contribution in [3.8, 4) is 0 Å². The van der Waals surface area contributed by atoms with Crippen LogP contribution in [0.5, 0.6) is 0 Å². The predicted octanol–water partition coefficient (Wildman–Crippen LogP) is 1.65. The molecule has 2 rings (SSSR count). The molecule has 1 heterocycles. The molecule has 1 saturated heterocycles. The maximum Gasteiger partial charge on any atom is 0.253 e. The van der Waals surface area contributed by atoms with Crippen molar-refractivity contribution >= 4 is 5.91 Å². The summed E-state index contributed by atoms with van der Waals surface area (Å²) in [5, 5.41) is 3.35. The van der Waals surface area contributed by atoms with Crippen LogP contribution in [0.4, 0.5) is 4.39 Å². The zero-order chi connectivity index (χ0) is 12.5. The van der Waals surface area contributed by atoms with Gasteiger partial charge in [-0.3, -0.25) is 4.79 Å². The largest absolute Gasteiger partial charge is 0.336 e. The van der Waals surface area contributed by atoms with Gasteiger partial charge >= 0.3 is 0 Å². The Balaban J connectivity index is 2.12. The number of carbonyl (C=O) groups is 1. The second kappa shape index (κ2) is 4.45. The molecule has 1 aromatic carbocycles. The summed E-state index contributed by atoms with van der Waals surface area (Å²) in [6.45, 7) is 6.29. The van der Waals surface area contributed by atoms with Crippen molar-refractivity contribution in [1.29, 1.82) is 0 Å². The van der Waals surface area contributed by atoms with Crippen LogP contribution in [0.2, 0.25) is 0 Å². The van der Waals surface area contributed by atoms with Crippen LogP contribution in [-0.4, -0.2) is 36.0 Å². The van der Waals surface area contributed by atoms with Crippen molar-refractivity contribution in [2.45, 2.75) is 19.4 Å². The monoisotopic (exact) mass is 236 g/mol. The molecule has 92 valence electrons. The fraction of sp³-hybridized carbons (Fsp3) is 0.462. The number of benzene rings is 1. The third-order valence-electron chi connectivity index (χ3n) is 2.95. The van der Waals surface area contributed by atoms with Gasteiger partial charge in [-0.15, -0.1) is 0 Å². The van der Waals surface area contributed by atoms with Crippen LogP contribution < -0.4 is 5.32 Å². The standard InChI is InChI=1S/C13H17FN2O/c1-13(2)9-16(8-7-15-13)12(17)10-3-5-11(14)6-4-10/h3-6,15H,7-9H2,1-2H3. The first-order chi connectivity index (χ1) is 7.98. The molecule has 0 saturated carbocycles. The molecule has 0 aromatic heterocycles. The molecule has 1 N–H and O–H groups in total. The maximum absolute atomic E-state index is 12.8. The molecule has 1 aliphatic heterocycles. The number of hydrogen-bond donors (Lipinski definition) is 1. The van der Waals surface area contributed by atoms with E-state index in [0.717, 1.165) is 6.54 Å². The van der Waals surface area contributed by atoms with E-state index in [1.54, 1.807) is 0 Å². The van der Waals surface area contributed by atoms with E-state index < -0.39 is 0 Å². The fourth-order valence-electron chi connectivity index (χ4n) is 2.09. The van der Waals surface area contributed by atoms with Gasteiger partial charge in [-0.2, -0.15) is 0 Å². The number of nitrogens with zero attached hydrogens (tertiary/aromatic N) is 1. The highest BCUT2D eigenvalue weighted by Gasteiger charge is 2.28. The average molecular weight is 236 g/mol. The van der Waals surface area contributed by atoms with Crippen molar-refractivity contribution in [2.24, 2.45) is 0 Å². The minimum atomic E-state index is -0.317. The van der Waals surface area contributed by atoms with Crippen LogP contribution in [-0.2, 0) is 0 Å². The number of amides is 1. The number of hydrogen-bond acceptors (Lipinski definition) is 2. The Bertz CT molecular complexity index is 414. The van der Waals surface area contributed by atoms with Gasteiger partial charge < -0.3 is 10.2 Å². The summed E-state index contributed by atoms with van der Waals surface area (Å²) in [6.07, 6.45) is 0. The summed E-state index contributed by atoms with van der Waals surface area (Å²) in [6, 6.07) is 5.71. The molecule has 0 radical (unpaired) electrons. The van der Waals surface area contributed by atoms with E-state index >= 15 is 0 Å². The van der Waals surface area contributed by atoms with Gasteiger partial charge in [0, 0.05) is 30.7 Å². The van der Waals surface area contributed by atoms with E-state index in [-0.39, 0.29) is 17.3 Å². The quantitative estimate of drug-likeness (QED) is 0.804. The van der Waals surface area contributed by atoms with Crippen LogP contribution in [0, 0.1) is 5.82 Å². The first-order valence-electron chi connectivity index (χ1n) is 5.78. The third kappa shape index (κ3) is 2.82. The smallest absolute Gasteiger partial charge is 0.253 e. The molecule has 0 spiro atoms. The van der Waals surface area contributed by atoms with Gasteiger partial charge in [-0.1, -0.05) is 0 Å². The van der Waals surface area contributed by atoms with E-state index in [0.29, 0.717) is 18.7 Å². The number of rotatable bonds is 1. The second-order valence-electron chi connectivity index (χ2n) is 5.04. The summed E-state index contributed by atoms with van der Waals surface area (Å²) >= 11 is 0. The minimum Gasteiger partial charge on any atom is -0.336 e. The summed E-state index contributed by atoms with van der Waals surface area (Å²) in [5.74, 6) is -0.346. The van der Waals surface area contributed by atoms with Crippen molar-refractivity contribution in [3.05, 3.63) is 35.6 Å². The third-order valence-corrected chi connectivity index (χ3v) is 2.95. The normalized spacial score (nSPS) is 19.1. The molecule has 0 aliphatic carbocycles. The maximum atomic E-state index is 12.8. The molecule has 0 atom stereocenters. The molecule has 0 unspecified atom stereocenters. The lowest BCUT2D eigenvalue weighted by Crippen LogP contribution is -2.58. The molecule has 1 fully saturated rings. The summed E-state index contributed by atoms with van der Waals surface area (Å²) < 4.78 is 12.8. The van der Waals surface area contributed by atoms with Gasteiger partial charge in [0.25, 0.3) is 5.91 Å². The molecule has 1 amide bonds. The van der Waals surface area contributed by atoms with Crippen molar-refractivity contribution in [1.82, 2.24) is 10.2 Å². The van der Waals surface area contributed by atoms with Crippen LogP contribution in [0.3, 0.4) is 0 Å². The van der Waals surface area contributed by atoms with Crippen LogP contribution >= 0.6 is 0 Å². The SMILES string of the molecule is CC1(C)CN(C(=O)c2ccc(F)cc2)CCN1. The van der Waals surface area contributed by atoms with Crippen molar-refractivity contribution in [2.75, 3.05) is 19.6 Å². The summed E-state index contributed by atoms with van der Waals surface area (Å²) in [5.41, 5.74) is 0.484. The lowest BCUT2D eigenvalue weighted by molar-refractivity contribution is 0.0652. The number of halogens is 1. The molecular weight excluding hydrogens is 219 g/mol. The second-order valence-corrected chi connectivity index (χ2v) is 5.04. The Morgan fingerprint density at radius 3 is 2.59 bits per heavy atom. The van der Waals surface area contributed by atoms with E-state index in [4.69, 9.17) is 0 Å². The zero-order valence-electron chi connectivity index (χ0n) is 10.2. The lowest BCUT2D eigenvalue weighted by atomic mass is 10.0. The van der Waals surface area contributed by atoms with Gasteiger partial charge in [0.2, 0.25) is 0 Å². The zero-order valence-corrected chi connectivity index (χ0v) is 10.2. The Morgan fingerprint density at radius 1 is 1.35 bits per heavy atom. The summed E-state index contributed by atoms with van der Waals surface area (Å²) in [4.78, 5) is 14.0. The molecule has 3 nitrogen and oxygen atoms in total. The lowest BCUT2D eigenvalue weighted by Gasteiger charge is -2.39. The highest BCUT2D eigenvalue weighted by atomic mass is 19.1. The first-order valence-corrected chi connectivity index (χ1v) is 5.78. The number of nitrogens with one attached hydrogen (secondary N) is 1. The topological polar surface area (TPSA) is 32.3 Å². The van der Waals surface area contributed by atoms with E-state index in [1.807, 2.05) is 4.90 Å². The van der Waals surface area contributed by atoms with E-state index in [1.165, 1.54) is 24.3 Å². The van der Waals surface area contributed by atoms with Crippen molar-refractivity contribution in [3.63, 3.8) is 0 Å². The highest BCUT2D eigenvalue weighted by Crippen LogP contribution is 2.14. The number of piperazine rings is 1. The first kappa shape index (κ1) is 12.0. The Morgan fingerprint density at radius 2 is 2.00 bits per heavy atom. The summed E-state index contributed by atoms with van der Waals surface area (Å²) in [7, 11) is 0. The Hall–Kier alpha value is -1.42. The molecule has 4 heteroatoms. The molecule has 1 aliphatic rings. The van der Waals surface area contributed by atoms with Crippen molar-refractivity contribution < 1.29 is 9.18 Å². The van der Waals surface area contributed by atoms with Gasteiger partial charge in [0.05, 0.1) is 0 Å². The van der Waals surface area contributed by atoms with E-state index in [2.05, 4.69) is 19.2 Å². The van der Waals surface area contributed by atoms with Crippen LogP contribution in [0.1, 0.15) is 24.2 Å². The minimum absolute atomic E-state index is 0.0282. The van der Waals surface area contributed by atoms with Gasteiger partial charge in [-0.05, 0) is 38.1 Å². The predicted molar refractivity (Wildman–Crippen MR) is 64.4 cm³/mol. The number of carbonyl (C=O) groups excluding carboxylic acids is 1. The Kier molecular flexibility index (Phi) is 3.15. The highest BCUT2D eigenvalue weighted by molar-refractivity contribution is 5.94. The van der Waals surface area contributed by atoms with Gasteiger partial charge in [-0.25, -0.2) is 4.39 Å².